The van der Waals surface area contributed by atoms with Gasteiger partial charge in [0.2, 0.25) is 0 Å². The maximum atomic E-state index is 2.51. The molecule has 0 unspecified atom stereocenters. The minimum atomic E-state index is -0.590. The van der Waals surface area contributed by atoms with Gasteiger partial charge in [-0.25, -0.2) is 0 Å². The van der Waals surface area contributed by atoms with Gasteiger partial charge in [0.15, 0.2) is 0 Å². The predicted molar refractivity (Wildman–Crippen MR) is 232 cm³/mol. The number of hydrogen-bond donors (Lipinski definition) is 0. The van der Waals surface area contributed by atoms with Crippen LogP contribution < -0.4 is 14.7 Å². The van der Waals surface area contributed by atoms with Crippen molar-refractivity contribution in [3.05, 3.63) is 201 Å². The summed E-state index contributed by atoms with van der Waals surface area (Å²) in [6.07, 6.45) is 8.80. The molecule has 0 amide bonds. The van der Waals surface area contributed by atoms with Crippen LogP contribution in [0.5, 0.6) is 0 Å². The Balaban J connectivity index is 1.39. The van der Waals surface area contributed by atoms with Gasteiger partial charge < -0.3 is 0 Å². The second-order valence-electron chi connectivity index (χ2n) is 14.0. The predicted octanol–water partition coefficient (Wildman–Crippen LogP) is 11.5. The summed E-state index contributed by atoms with van der Waals surface area (Å²) in [6, 6.07) is 64.2. The molecule has 0 saturated heterocycles. The van der Waals surface area contributed by atoms with Crippen molar-refractivity contribution in [2.75, 3.05) is 28.8 Å². The molecule has 0 aromatic heterocycles. The fourth-order valence-corrected chi connectivity index (χ4v) is 10.9. The van der Waals surface area contributed by atoms with Gasteiger partial charge in [0.1, 0.15) is 0 Å². The van der Waals surface area contributed by atoms with E-state index in [1.165, 1.54) is 41.7 Å². The molecule has 56 heavy (non-hydrogen) atoms. The zero-order chi connectivity index (χ0) is 37.6. The van der Waals surface area contributed by atoms with E-state index in [1.807, 2.05) is 0 Å². The van der Waals surface area contributed by atoms with E-state index in [0.717, 1.165) is 39.6 Å². The molecule has 7 aromatic carbocycles. The molecule has 3 heterocycles. The molecule has 0 radical (unpaired) electrons. The minimum absolute atomic E-state index is 0.590. The summed E-state index contributed by atoms with van der Waals surface area (Å²) < 4.78 is 2.60. The Labute approximate surface area is 336 Å². The van der Waals surface area contributed by atoms with Gasteiger partial charge in [-0.2, -0.15) is 0 Å². The van der Waals surface area contributed by atoms with Crippen LogP contribution in [0.2, 0.25) is 0 Å². The summed E-state index contributed by atoms with van der Waals surface area (Å²) >= 11 is -0.590. The molecule has 3 aliphatic rings. The Hall–Kier alpha value is -6.55. The van der Waals surface area contributed by atoms with Crippen LogP contribution in [0, 0.1) is 0 Å². The number of hydrogen-bond acceptors (Lipinski definition) is 5. The van der Waals surface area contributed by atoms with Crippen molar-refractivity contribution in [1.29, 1.82) is 0 Å². The molecule has 3 aliphatic heterocycles. The Kier molecular flexibility index (Phi) is 8.65. The van der Waals surface area contributed by atoms with E-state index in [0.29, 0.717) is 0 Å². The maximum absolute atomic E-state index is 2.51. The Morgan fingerprint density at radius 3 is 1.14 bits per heavy atom. The number of anilines is 5. The van der Waals surface area contributed by atoms with Gasteiger partial charge in [0, 0.05) is 0 Å². The van der Waals surface area contributed by atoms with Crippen molar-refractivity contribution in [2.24, 2.45) is 0 Å². The van der Waals surface area contributed by atoms with E-state index in [-0.39, 0.29) is 0 Å². The molecular weight excluding hydrogens is 866 g/mol. The van der Waals surface area contributed by atoms with Gasteiger partial charge >= 0.3 is 326 Å². The monoisotopic (exact) mass is 904 g/mol. The summed E-state index contributed by atoms with van der Waals surface area (Å²) in [6.45, 7) is 0. The number of benzene rings is 7. The molecule has 6 heteroatoms. The first-order valence-electron chi connectivity index (χ1n) is 18.8. The summed E-state index contributed by atoms with van der Waals surface area (Å²) in [5.41, 5.74) is 14.9. The third kappa shape index (κ3) is 5.92. The SMILES string of the molecule is CN1C=CN2[C]1=[Pt]=[C]1N(C)C=CN1c1cccc(c1)N(c1c(-c3ccccc3)c(-c3ccccc3)cc(-c3ccccc3)c1-c1ccccc1)c1cccc2c1. The second kappa shape index (κ2) is 14.3. The van der Waals surface area contributed by atoms with E-state index in [2.05, 4.69) is 239 Å². The van der Waals surface area contributed by atoms with Gasteiger partial charge in [-0.3, -0.25) is 0 Å². The van der Waals surface area contributed by atoms with Crippen LogP contribution in [0.15, 0.2) is 201 Å². The number of rotatable bonds is 5. The van der Waals surface area contributed by atoms with Crippen molar-refractivity contribution in [3.8, 4) is 44.5 Å². The van der Waals surface area contributed by atoms with Crippen LogP contribution in [-0.2, 0) is 17.6 Å². The molecular formula is C50H39N5Pt. The van der Waals surface area contributed by atoms with Crippen LogP contribution in [0.3, 0.4) is 0 Å². The molecule has 0 saturated carbocycles. The fraction of sp³-hybridized carbons (Fsp3) is 0.0400. The first-order valence-corrected chi connectivity index (χ1v) is 21.1. The summed E-state index contributed by atoms with van der Waals surface area (Å²) in [4.78, 5) is 11.9. The zero-order valence-electron chi connectivity index (χ0n) is 31.1. The number of fused-ring (bicyclic) bond motifs is 8. The van der Waals surface area contributed by atoms with E-state index in [4.69, 9.17) is 0 Å². The summed E-state index contributed by atoms with van der Waals surface area (Å²) in [7, 11) is 4.33. The zero-order valence-corrected chi connectivity index (χ0v) is 33.4. The quantitative estimate of drug-likeness (QED) is 0.171. The van der Waals surface area contributed by atoms with Crippen LogP contribution in [0.25, 0.3) is 44.5 Å². The molecule has 4 bridgehead atoms. The van der Waals surface area contributed by atoms with Gasteiger partial charge in [0.05, 0.1) is 0 Å². The number of nitrogens with zero attached hydrogens (tertiary/aromatic N) is 5. The first kappa shape index (κ1) is 34.0. The van der Waals surface area contributed by atoms with Crippen LogP contribution in [-0.4, -0.2) is 32.2 Å². The average Bonchev–Trinajstić information content (AvgIpc) is 3.82. The standard InChI is InChI=1S/C50H39N5.Pt/c1-51-29-31-53(36-51)42-25-15-27-44(33-42)55(45-28-16-26-43(34-45)54-32-30-52(2)37-54)50-48(40-21-11-5-12-22-40)46(38-17-7-3-8-18-38)35-47(39-19-9-4-10-20-39)49(50)41-23-13-6-14-24-41;/h3-35H,1-2H3;. The normalized spacial score (nSPS) is 14.6. The van der Waals surface area contributed by atoms with Crippen molar-refractivity contribution in [2.45, 2.75) is 0 Å². The van der Waals surface area contributed by atoms with Crippen molar-refractivity contribution >= 4 is 36.7 Å². The molecule has 0 aliphatic carbocycles. The van der Waals surface area contributed by atoms with Crippen LogP contribution in [0.1, 0.15) is 0 Å². The third-order valence-electron chi connectivity index (χ3n) is 10.5. The molecule has 0 atom stereocenters. The summed E-state index contributed by atoms with van der Waals surface area (Å²) in [5.74, 6) is 0. The molecule has 274 valence electrons. The van der Waals surface area contributed by atoms with E-state index in [1.54, 1.807) is 0 Å². The van der Waals surface area contributed by atoms with Crippen molar-refractivity contribution in [3.63, 3.8) is 0 Å². The molecule has 0 spiro atoms. The Morgan fingerprint density at radius 2 is 0.732 bits per heavy atom. The molecule has 0 N–H and O–H groups in total. The molecule has 10 rings (SSSR count). The van der Waals surface area contributed by atoms with Gasteiger partial charge in [-0.05, 0) is 0 Å². The average molecular weight is 905 g/mol. The van der Waals surface area contributed by atoms with Crippen molar-refractivity contribution < 1.29 is 17.6 Å². The fourth-order valence-electron chi connectivity index (χ4n) is 7.87. The topological polar surface area (TPSA) is 16.2 Å². The van der Waals surface area contributed by atoms with Gasteiger partial charge in [0.25, 0.3) is 0 Å². The third-order valence-corrected chi connectivity index (χ3v) is 14.2. The van der Waals surface area contributed by atoms with Gasteiger partial charge in [-0.1, -0.05) is 12.1 Å². The van der Waals surface area contributed by atoms with E-state index >= 15 is 0 Å². The second-order valence-corrected chi connectivity index (χ2v) is 16.6. The Bertz CT molecular complexity index is 2540. The molecule has 7 aromatic rings. The van der Waals surface area contributed by atoms with Crippen LogP contribution in [0.4, 0.5) is 28.4 Å². The van der Waals surface area contributed by atoms with E-state index in [9.17, 15) is 0 Å². The Morgan fingerprint density at radius 1 is 0.357 bits per heavy atom. The molecule has 5 nitrogen and oxygen atoms in total. The summed E-state index contributed by atoms with van der Waals surface area (Å²) in [5, 5.41) is 0. The first-order chi connectivity index (χ1) is 27.6. The van der Waals surface area contributed by atoms with Crippen molar-refractivity contribution in [1.82, 2.24) is 9.80 Å². The van der Waals surface area contributed by atoms with E-state index < -0.39 is 17.6 Å². The molecule has 0 fully saturated rings. The van der Waals surface area contributed by atoms with Crippen LogP contribution >= 0.6 is 0 Å². The van der Waals surface area contributed by atoms with Gasteiger partial charge in [-0.15, -0.1) is 0 Å².